The zero-order chi connectivity index (χ0) is 13.2. The van der Waals surface area contributed by atoms with Gasteiger partial charge in [0.1, 0.15) is 11.6 Å². The predicted molar refractivity (Wildman–Crippen MR) is 62.1 cm³/mol. The Hall–Kier alpha value is -1.10. The van der Waals surface area contributed by atoms with E-state index in [1.54, 1.807) is 27.7 Å². The molecule has 0 bridgehead atoms. The number of nitrogens with two attached hydrogens (primary N) is 1. The number of carbonyl (C=O) groups is 2. The van der Waals surface area contributed by atoms with Crippen molar-refractivity contribution in [3.8, 4) is 0 Å². The van der Waals surface area contributed by atoms with Crippen molar-refractivity contribution < 1.29 is 19.1 Å². The third-order valence-electron chi connectivity index (χ3n) is 2.57. The number of ether oxygens (including phenoxy) is 2. The van der Waals surface area contributed by atoms with E-state index in [-0.39, 0.29) is 17.8 Å². The lowest BCUT2D eigenvalue weighted by atomic mass is 10.1. The maximum atomic E-state index is 11.7. The molecule has 5 nitrogen and oxygen atoms in total. The SMILES string of the molecule is CCOC(=O)[C@H]1C[C@@H]1C(N)C(=O)OC(C)(C)C. The first-order chi connectivity index (χ1) is 7.76. The molecule has 0 aromatic carbocycles. The first kappa shape index (κ1) is 14.0. The van der Waals surface area contributed by atoms with E-state index in [0.717, 1.165) is 0 Å². The standard InChI is InChI=1S/C12H21NO4/c1-5-16-10(14)8-6-7(8)9(13)11(15)17-12(2,3)4/h7-9H,5-6,13H2,1-4H3/t7-,8-,9?/m0/s1. The minimum Gasteiger partial charge on any atom is -0.466 e. The van der Waals surface area contributed by atoms with Gasteiger partial charge >= 0.3 is 11.9 Å². The highest BCUT2D eigenvalue weighted by Gasteiger charge is 2.50. The first-order valence-corrected chi connectivity index (χ1v) is 5.91. The van der Waals surface area contributed by atoms with Gasteiger partial charge in [-0.3, -0.25) is 9.59 Å². The van der Waals surface area contributed by atoms with Crippen molar-refractivity contribution >= 4 is 11.9 Å². The molecule has 1 aliphatic carbocycles. The molecular formula is C12H21NO4. The Bertz CT molecular complexity index is 308. The third kappa shape index (κ3) is 4.00. The van der Waals surface area contributed by atoms with Gasteiger partial charge in [0, 0.05) is 0 Å². The molecule has 1 rings (SSSR count). The Labute approximate surface area is 102 Å². The average Bonchev–Trinajstić information content (AvgIpc) is 2.93. The van der Waals surface area contributed by atoms with Crippen molar-refractivity contribution in [2.75, 3.05) is 6.61 Å². The summed E-state index contributed by atoms with van der Waals surface area (Å²) in [5.41, 5.74) is 5.22. The quantitative estimate of drug-likeness (QED) is 0.741. The number of carbonyl (C=O) groups excluding carboxylic acids is 2. The molecule has 0 aromatic rings. The highest BCUT2D eigenvalue weighted by Crippen LogP contribution is 2.42. The molecule has 1 saturated carbocycles. The Morgan fingerprint density at radius 2 is 2.00 bits per heavy atom. The van der Waals surface area contributed by atoms with Crippen molar-refractivity contribution in [3.05, 3.63) is 0 Å². The van der Waals surface area contributed by atoms with E-state index < -0.39 is 17.6 Å². The molecule has 0 spiro atoms. The molecule has 0 radical (unpaired) electrons. The minimum absolute atomic E-state index is 0.135. The lowest BCUT2D eigenvalue weighted by molar-refractivity contribution is -0.157. The molecular weight excluding hydrogens is 222 g/mol. The molecule has 2 N–H and O–H groups in total. The lowest BCUT2D eigenvalue weighted by Crippen LogP contribution is -2.39. The van der Waals surface area contributed by atoms with Gasteiger partial charge in [0.05, 0.1) is 12.5 Å². The van der Waals surface area contributed by atoms with E-state index in [1.165, 1.54) is 0 Å². The predicted octanol–water partition coefficient (Wildman–Crippen LogP) is 0.855. The fraction of sp³-hybridized carbons (Fsp3) is 0.833. The second kappa shape index (κ2) is 5.04. The first-order valence-electron chi connectivity index (χ1n) is 5.91. The van der Waals surface area contributed by atoms with Crippen LogP contribution in [-0.2, 0) is 19.1 Å². The summed E-state index contributed by atoms with van der Waals surface area (Å²) in [5, 5.41) is 0. The lowest BCUT2D eigenvalue weighted by Gasteiger charge is -2.22. The fourth-order valence-electron chi connectivity index (χ4n) is 1.68. The molecule has 0 heterocycles. The third-order valence-corrected chi connectivity index (χ3v) is 2.57. The molecule has 0 aliphatic heterocycles. The Kier molecular flexibility index (Phi) is 4.14. The molecule has 1 aliphatic rings. The molecule has 1 unspecified atom stereocenters. The van der Waals surface area contributed by atoms with E-state index >= 15 is 0 Å². The fourth-order valence-corrected chi connectivity index (χ4v) is 1.68. The van der Waals surface area contributed by atoms with Crippen molar-refractivity contribution in [2.24, 2.45) is 17.6 Å². The minimum atomic E-state index is -0.733. The summed E-state index contributed by atoms with van der Waals surface area (Å²) in [6, 6.07) is -0.733. The van der Waals surface area contributed by atoms with Crippen LogP contribution in [0.2, 0.25) is 0 Å². The summed E-state index contributed by atoms with van der Waals surface area (Å²) < 4.78 is 10.1. The van der Waals surface area contributed by atoms with Crippen molar-refractivity contribution in [1.29, 1.82) is 0 Å². The zero-order valence-corrected chi connectivity index (χ0v) is 10.9. The molecule has 0 saturated heterocycles. The summed E-state index contributed by atoms with van der Waals surface area (Å²) >= 11 is 0. The monoisotopic (exact) mass is 243 g/mol. The van der Waals surface area contributed by atoms with E-state index in [1.807, 2.05) is 0 Å². The highest BCUT2D eigenvalue weighted by atomic mass is 16.6. The van der Waals surface area contributed by atoms with E-state index in [2.05, 4.69) is 0 Å². The van der Waals surface area contributed by atoms with Crippen LogP contribution >= 0.6 is 0 Å². The Morgan fingerprint density at radius 1 is 1.41 bits per heavy atom. The topological polar surface area (TPSA) is 78.6 Å². The van der Waals surface area contributed by atoms with E-state index in [4.69, 9.17) is 15.2 Å². The summed E-state index contributed by atoms with van der Waals surface area (Å²) in [5.74, 6) is -1.09. The van der Waals surface area contributed by atoms with Crippen LogP contribution in [0.1, 0.15) is 34.1 Å². The highest BCUT2D eigenvalue weighted by molar-refractivity contribution is 5.81. The van der Waals surface area contributed by atoms with Gasteiger partial charge < -0.3 is 15.2 Å². The Morgan fingerprint density at radius 3 is 2.47 bits per heavy atom. The number of hydrogen-bond acceptors (Lipinski definition) is 5. The van der Waals surface area contributed by atoms with Gasteiger partial charge in [-0.05, 0) is 40.0 Å². The van der Waals surface area contributed by atoms with Crippen LogP contribution in [0.5, 0.6) is 0 Å². The Balaban J connectivity index is 2.43. The summed E-state index contributed by atoms with van der Waals surface area (Å²) in [4.78, 5) is 23.1. The van der Waals surface area contributed by atoms with E-state index in [0.29, 0.717) is 13.0 Å². The van der Waals surface area contributed by atoms with Gasteiger partial charge in [0.25, 0.3) is 0 Å². The van der Waals surface area contributed by atoms with Gasteiger partial charge in [-0.25, -0.2) is 0 Å². The van der Waals surface area contributed by atoms with Crippen molar-refractivity contribution in [3.63, 3.8) is 0 Å². The summed E-state index contributed by atoms with van der Waals surface area (Å²) in [7, 11) is 0. The van der Waals surface area contributed by atoms with Gasteiger partial charge in [-0.2, -0.15) is 0 Å². The maximum absolute atomic E-state index is 11.7. The van der Waals surface area contributed by atoms with Gasteiger partial charge in [-0.15, -0.1) is 0 Å². The van der Waals surface area contributed by atoms with Crippen LogP contribution in [-0.4, -0.2) is 30.2 Å². The number of esters is 2. The maximum Gasteiger partial charge on any atom is 0.323 e. The van der Waals surface area contributed by atoms with Gasteiger partial charge in [-0.1, -0.05) is 0 Å². The van der Waals surface area contributed by atoms with Crippen LogP contribution in [0.15, 0.2) is 0 Å². The second-order valence-corrected chi connectivity index (χ2v) is 5.32. The van der Waals surface area contributed by atoms with Gasteiger partial charge in [0.2, 0.25) is 0 Å². The zero-order valence-electron chi connectivity index (χ0n) is 10.9. The molecule has 3 atom stereocenters. The molecule has 98 valence electrons. The van der Waals surface area contributed by atoms with Crippen LogP contribution in [0.25, 0.3) is 0 Å². The van der Waals surface area contributed by atoms with Crippen LogP contribution in [0.3, 0.4) is 0 Å². The molecule has 5 heteroatoms. The summed E-state index contributed by atoms with van der Waals surface area (Å²) in [6.45, 7) is 7.46. The number of rotatable bonds is 4. The number of hydrogen-bond donors (Lipinski definition) is 1. The second-order valence-electron chi connectivity index (χ2n) is 5.32. The van der Waals surface area contributed by atoms with Crippen LogP contribution in [0, 0.1) is 11.8 Å². The molecule has 17 heavy (non-hydrogen) atoms. The van der Waals surface area contributed by atoms with Crippen molar-refractivity contribution in [2.45, 2.75) is 45.8 Å². The van der Waals surface area contributed by atoms with Crippen LogP contribution in [0.4, 0.5) is 0 Å². The molecule has 1 fully saturated rings. The average molecular weight is 243 g/mol. The van der Waals surface area contributed by atoms with Crippen molar-refractivity contribution in [1.82, 2.24) is 0 Å². The van der Waals surface area contributed by atoms with Crippen LogP contribution < -0.4 is 5.73 Å². The molecule has 0 aromatic heterocycles. The molecule has 0 amide bonds. The van der Waals surface area contributed by atoms with E-state index in [9.17, 15) is 9.59 Å². The normalized spacial score (nSPS) is 25.0. The largest absolute Gasteiger partial charge is 0.466 e. The van der Waals surface area contributed by atoms with Gasteiger partial charge in [0.15, 0.2) is 0 Å². The summed E-state index contributed by atoms with van der Waals surface area (Å²) in [6.07, 6.45) is 0.610. The smallest absolute Gasteiger partial charge is 0.323 e.